The van der Waals surface area contributed by atoms with E-state index in [4.69, 9.17) is 0 Å². The standard InChI is InChI=1S/C14H13FO/c1-9-5-12(7-13(16)6-9)11-4-3-10(2)14(15)8-11/h3-8,16H,1-2H3. The zero-order chi connectivity index (χ0) is 11.7. The molecule has 0 aliphatic heterocycles. The first-order chi connectivity index (χ1) is 7.56. The number of hydrogen-bond acceptors (Lipinski definition) is 1. The van der Waals surface area contributed by atoms with Crippen LogP contribution in [0.2, 0.25) is 0 Å². The van der Waals surface area contributed by atoms with Crippen molar-refractivity contribution in [1.29, 1.82) is 0 Å². The fourth-order valence-corrected chi connectivity index (χ4v) is 1.70. The van der Waals surface area contributed by atoms with E-state index >= 15 is 0 Å². The monoisotopic (exact) mass is 216 g/mol. The first kappa shape index (κ1) is 10.7. The number of phenols is 1. The van der Waals surface area contributed by atoms with Gasteiger partial charge < -0.3 is 5.11 Å². The molecule has 0 saturated heterocycles. The Balaban J connectivity index is 2.54. The van der Waals surface area contributed by atoms with Crippen LogP contribution in [0.1, 0.15) is 11.1 Å². The molecule has 0 radical (unpaired) electrons. The fourth-order valence-electron chi connectivity index (χ4n) is 1.70. The summed E-state index contributed by atoms with van der Waals surface area (Å²) in [5.41, 5.74) is 3.19. The molecule has 0 spiro atoms. The van der Waals surface area contributed by atoms with Gasteiger partial charge in [0.2, 0.25) is 0 Å². The smallest absolute Gasteiger partial charge is 0.126 e. The molecule has 0 fully saturated rings. The quantitative estimate of drug-likeness (QED) is 0.768. The van der Waals surface area contributed by atoms with Gasteiger partial charge in [0.05, 0.1) is 0 Å². The van der Waals surface area contributed by atoms with Crippen LogP contribution in [0.3, 0.4) is 0 Å². The van der Waals surface area contributed by atoms with Gasteiger partial charge in [-0.25, -0.2) is 4.39 Å². The second kappa shape index (κ2) is 3.97. The summed E-state index contributed by atoms with van der Waals surface area (Å²) in [6.45, 7) is 3.63. The number of benzene rings is 2. The summed E-state index contributed by atoms with van der Waals surface area (Å²) in [5, 5.41) is 9.49. The Hall–Kier alpha value is -1.83. The van der Waals surface area contributed by atoms with Gasteiger partial charge in [0.25, 0.3) is 0 Å². The third-order valence-electron chi connectivity index (χ3n) is 2.57. The Morgan fingerprint density at radius 2 is 1.69 bits per heavy atom. The Labute approximate surface area is 94.2 Å². The Bertz CT molecular complexity index is 512. The first-order valence-corrected chi connectivity index (χ1v) is 5.13. The van der Waals surface area contributed by atoms with Gasteiger partial charge >= 0.3 is 0 Å². The molecule has 0 amide bonds. The Morgan fingerprint density at radius 3 is 2.31 bits per heavy atom. The lowest BCUT2D eigenvalue weighted by atomic mass is 10.0. The number of phenolic OH excluding ortho intramolecular Hbond substituents is 1. The maximum atomic E-state index is 13.4. The SMILES string of the molecule is Cc1cc(O)cc(-c2ccc(C)c(F)c2)c1. The number of hydrogen-bond donors (Lipinski definition) is 1. The van der Waals surface area contributed by atoms with Crippen LogP contribution in [0.4, 0.5) is 4.39 Å². The highest BCUT2D eigenvalue weighted by Gasteiger charge is 2.03. The van der Waals surface area contributed by atoms with E-state index in [1.165, 1.54) is 6.07 Å². The minimum Gasteiger partial charge on any atom is -0.508 e. The number of halogens is 1. The van der Waals surface area contributed by atoms with E-state index in [2.05, 4.69) is 0 Å². The first-order valence-electron chi connectivity index (χ1n) is 5.13. The molecule has 0 saturated carbocycles. The van der Waals surface area contributed by atoms with Crippen molar-refractivity contribution in [2.45, 2.75) is 13.8 Å². The number of aromatic hydroxyl groups is 1. The van der Waals surface area contributed by atoms with E-state index in [0.29, 0.717) is 5.56 Å². The van der Waals surface area contributed by atoms with Crippen molar-refractivity contribution in [1.82, 2.24) is 0 Å². The molecule has 82 valence electrons. The molecule has 0 atom stereocenters. The molecule has 1 nitrogen and oxygen atoms in total. The minimum absolute atomic E-state index is 0.205. The Kier molecular flexibility index (Phi) is 2.65. The van der Waals surface area contributed by atoms with E-state index in [9.17, 15) is 9.50 Å². The molecular formula is C14H13FO. The molecule has 1 N–H and O–H groups in total. The highest BCUT2D eigenvalue weighted by Crippen LogP contribution is 2.26. The van der Waals surface area contributed by atoms with Crippen molar-refractivity contribution in [3.63, 3.8) is 0 Å². The van der Waals surface area contributed by atoms with E-state index in [1.807, 2.05) is 19.1 Å². The van der Waals surface area contributed by atoms with Crippen molar-refractivity contribution in [3.05, 3.63) is 53.3 Å². The average Bonchev–Trinajstić information content (AvgIpc) is 2.20. The molecule has 0 unspecified atom stereocenters. The summed E-state index contributed by atoms with van der Waals surface area (Å²) < 4.78 is 13.4. The van der Waals surface area contributed by atoms with Crippen LogP contribution in [0.5, 0.6) is 5.75 Å². The fraction of sp³-hybridized carbons (Fsp3) is 0.143. The molecule has 0 heterocycles. The van der Waals surface area contributed by atoms with Crippen LogP contribution in [0.25, 0.3) is 11.1 Å². The highest BCUT2D eigenvalue weighted by molar-refractivity contribution is 5.66. The summed E-state index contributed by atoms with van der Waals surface area (Å²) in [5.74, 6) is -0.0190. The maximum Gasteiger partial charge on any atom is 0.126 e. The van der Waals surface area contributed by atoms with E-state index in [0.717, 1.165) is 16.7 Å². The van der Waals surface area contributed by atoms with Crippen molar-refractivity contribution in [2.24, 2.45) is 0 Å². The van der Waals surface area contributed by atoms with Crippen LogP contribution in [0.15, 0.2) is 36.4 Å². The molecule has 0 aliphatic rings. The zero-order valence-electron chi connectivity index (χ0n) is 9.29. The summed E-state index contributed by atoms with van der Waals surface area (Å²) in [7, 11) is 0. The minimum atomic E-state index is -0.224. The summed E-state index contributed by atoms with van der Waals surface area (Å²) >= 11 is 0. The third-order valence-corrected chi connectivity index (χ3v) is 2.57. The van der Waals surface area contributed by atoms with E-state index < -0.39 is 0 Å². The second-order valence-electron chi connectivity index (χ2n) is 4.02. The lowest BCUT2D eigenvalue weighted by Gasteiger charge is -2.05. The molecule has 2 heteroatoms. The molecule has 2 aromatic carbocycles. The van der Waals surface area contributed by atoms with Gasteiger partial charge in [-0.15, -0.1) is 0 Å². The second-order valence-corrected chi connectivity index (χ2v) is 4.02. The van der Waals surface area contributed by atoms with Gasteiger partial charge in [-0.1, -0.05) is 18.2 Å². The maximum absolute atomic E-state index is 13.4. The summed E-state index contributed by atoms with van der Waals surface area (Å²) in [6, 6.07) is 10.3. The summed E-state index contributed by atoms with van der Waals surface area (Å²) in [4.78, 5) is 0. The van der Waals surface area contributed by atoms with Crippen molar-refractivity contribution in [2.75, 3.05) is 0 Å². The molecular weight excluding hydrogens is 203 g/mol. The van der Waals surface area contributed by atoms with Gasteiger partial charge in [0.1, 0.15) is 11.6 Å². The lowest BCUT2D eigenvalue weighted by Crippen LogP contribution is -1.85. The van der Waals surface area contributed by atoms with Crippen LogP contribution in [-0.4, -0.2) is 5.11 Å². The van der Waals surface area contributed by atoms with Gasteiger partial charge in [-0.3, -0.25) is 0 Å². The van der Waals surface area contributed by atoms with Gasteiger partial charge in [-0.05, 0) is 54.3 Å². The van der Waals surface area contributed by atoms with Crippen molar-refractivity contribution in [3.8, 4) is 16.9 Å². The van der Waals surface area contributed by atoms with Gasteiger partial charge in [0.15, 0.2) is 0 Å². The molecule has 16 heavy (non-hydrogen) atoms. The lowest BCUT2D eigenvalue weighted by molar-refractivity contribution is 0.475. The largest absolute Gasteiger partial charge is 0.508 e. The Morgan fingerprint density at radius 1 is 0.938 bits per heavy atom. The number of aryl methyl sites for hydroxylation is 2. The normalized spacial score (nSPS) is 10.4. The van der Waals surface area contributed by atoms with Crippen LogP contribution >= 0.6 is 0 Å². The topological polar surface area (TPSA) is 20.2 Å². The van der Waals surface area contributed by atoms with Crippen LogP contribution < -0.4 is 0 Å². The van der Waals surface area contributed by atoms with Gasteiger partial charge in [-0.2, -0.15) is 0 Å². The summed E-state index contributed by atoms with van der Waals surface area (Å²) in [6.07, 6.45) is 0. The molecule has 0 bridgehead atoms. The molecule has 2 rings (SSSR count). The zero-order valence-corrected chi connectivity index (χ0v) is 9.29. The van der Waals surface area contributed by atoms with Crippen molar-refractivity contribution < 1.29 is 9.50 Å². The average molecular weight is 216 g/mol. The number of rotatable bonds is 1. The third kappa shape index (κ3) is 2.06. The molecule has 2 aromatic rings. The van der Waals surface area contributed by atoms with E-state index in [-0.39, 0.29) is 11.6 Å². The highest BCUT2D eigenvalue weighted by atomic mass is 19.1. The van der Waals surface area contributed by atoms with Crippen molar-refractivity contribution >= 4 is 0 Å². The predicted octanol–water partition coefficient (Wildman–Crippen LogP) is 3.82. The van der Waals surface area contributed by atoms with E-state index in [1.54, 1.807) is 25.1 Å². The molecule has 0 aliphatic carbocycles. The predicted molar refractivity (Wildman–Crippen MR) is 63.0 cm³/mol. The van der Waals surface area contributed by atoms with Crippen LogP contribution in [0, 0.1) is 19.7 Å². The molecule has 0 aromatic heterocycles. The van der Waals surface area contributed by atoms with Crippen LogP contribution in [-0.2, 0) is 0 Å². The van der Waals surface area contributed by atoms with Gasteiger partial charge in [0, 0.05) is 0 Å².